The number of carboxylic acids is 1. The molecule has 1 saturated carbocycles. The summed E-state index contributed by atoms with van der Waals surface area (Å²) < 4.78 is 4.81. The van der Waals surface area contributed by atoms with Gasteiger partial charge in [-0.25, -0.2) is 9.59 Å². The van der Waals surface area contributed by atoms with Crippen molar-refractivity contribution in [3.63, 3.8) is 0 Å². The molecule has 104 valence electrons. The molecule has 0 aromatic carbocycles. The minimum absolute atomic E-state index is 0.253. The summed E-state index contributed by atoms with van der Waals surface area (Å²) in [5, 5.41) is 14.1. The Morgan fingerprint density at radius 2 is 2.11 bits per heavy atom. The van der Waals surface area contributed by atoms with Gasteiger partial charge in [-0.05, 0) is 24.7 Å². The first-order valence-corrected chi connectivity index (χ1v) is 6.29. The maximum Gasteiger partial charge on any atom is 0.326 e. The summed E-state index contributed by atoms with van der Waals surface area (Å²) >= 11 is 0. The van der Waals surface area contributed by atoms with Crippen molar-refractivity contribution in [2.24, 2.45) is 5.41 Å². The molecule has 6 heteroatoms. The Balaban J connectivity index is 2.29. The lowest BCUT2D eigenvalue weighted by Crippen LogP contribution is -2.47. The van der Waals surface area contributed by atoms with E-state index in [0.717, 1.165) is 19.3 Å². The molecule has 1 aliphatic rings. The highest BCUT2D eigenvalue weighted by Crippen LogP contribution is 2.47. The number of methoxy groups -OCH3 is 1. The topological polar surface area (TPSA) is 87.7 Å². The molecular weight excluding hydrogens is 236 g/mol. The predicted molar refractivity (Wildman–Crippen MR) is 66.4 cm³/mol. The first kappa shape index (κ1) is 14.8. The second-order valence-electron chi connectivity index (χ2n) is 4.85. The molecule has 0 saturated heterocycles. The quantitative estimate of drug-likeness (QED) is 0.605. The average molecular weight is 258 g/mol. The number of carboxylic acid groups (broad SMARTS) is 1. The summed E-state index contributed by atoms with van der Waals surface area (Å²) in [6, 6.07) is -1.32. The summed E-state index contributed by atoms with van der Waals surface area (Å²) in [6.45, 7) is 3.02. The van der Waals surface area contributed by atoms with Crippen molar-refractivity contribution in [2.45, 2.75) is 38.6 Å². The van der Waals surface area contributed by atoms with E-state index in [1.165, 1.54) is 7.11 Å². The van der Waals surface area contributed by atoms with Crippen molar-refractivity contribution in [1.82, 2.24) is 10.6 Å². The molecule has 0 heterocycles. The van der Waals surface area contributed by atoms with Gasteiger partial charge in [0.1, 0.15) is 6.04 Å². The Labute approximate surface area is 107 Å². The van der Waals surface area contributed by atoms with Crippen molar-refractivity contribution in [3.05, 3.63) is 0 Å². The highest BCUT2D eigenvalue weighted by atomic mass is 16.5. The fourth-order valence-corrected chi connectivity index (χ4v) is 1.80. The van der Waals surface area contributed by atoms with E-state index >= 15 is 0 Å². The summed E-state index contributed by atoms with van der Waals surface area (Å²) in [7, 11) is 1.50. The number of carbonyl (C=O) groups is 2. The number of aliphatic carboxylic acids is 1. The Morgan fingerprint density at radius 3 is 2.56 bits per heavy atom. The number of rotatable bonds is 8. The van der Waals surface area contributed by atoms with Crippen LogP contribution in [0.15, 0.2) is 0 Å². The summed E-state index contributed by atoms with van der Waals surface area (Å²) in [6.07, 6.45) is 3.57. The standard InChI is InChI=1S/C12H22N2O4/c1-3-12(5-6-12)8-13-11(17)14-9(10(15)16)4-7-18-2/h9H,3-8H2,1-2H3,(H,15,16)(H2,13,14,17). The smallest absolute Gasteiger partial charge is 0.326 e. The molecule has 1 rings (SSSR count). The van der Waals surface area contributed by atoms with Gasteiger partial charge in [-0.2, -0.15) is 0 Å². The van der Waals surface area contributed by atoms with Gasteiger partial charge < -0.3 is 20.5 Å². The van der Waals surface area contributed by atoms with Gasteiger partial charge in [0.15, 0.2) is 0 Å². The van der Waals surface area contributed by atoms with E-state index in [-0.39, 0.29) is 11.8 Å². The second-order valence-corrected chi connectivity index (χ2v) is 4.85. The van der Waals surface area contributed by atoms with Gasteiger partial charge in [0.2, 0.25) is 0 Å². The monoisotopic (exact) mass is 258 g/mol. The minimum Gasteiger partial charge on any atom is -0.480 e. The molecule has 3 N–H and O–H groups in total. The Morgan fingerprint density at radius 1 is 1.44 bits per heavy atom. The molecular formula is C12H22N2O4. The van der Waals surface area contributed by atoms with E-state index in [1.54, 1.807) is 0 Å². The number of urea groups is 1. The zero-order chi connectivity index (χ0) is 13.6. The van der Waals surface area contributed by atoms with Gasteiger partial charge in [0.25, 0.3) is 0 Å². The third-order valence-corrected chi connectivity index (χ3v) is 3.55. The maximum absolute atomic E-state index is 11.6. The molecule has 2 amide bonds. The first-order chi connectivity index (χ1) is 8.53. The normalized spacial score (nSPS) is 17.9. The van der Waals surface area contributed by atoms with Gasteiger partial charge in [-0.3, -0.25) is 0 Å². The summed E-state index contributed by atoms with van der Waals surface area (Å²) in [5.41, 5.74) is 0.253. The molecule has 1 fully saturated rings. The zero-order valence-corrected chi connectivity index (χ0v) is 11.0. The molecule has 0 radical (unpaired) electrons. The van der Waals surface area contributed by atoms with Gasteiger partial charge in [-0.1, -0.05) is 6.92 Å². The molecule has 0 bridgehead atoms. The van der Waals surface area contributed by atoms with E-state index in [1.807, 2.05) is 0 Å². The molecule has 0 aromatic rings. The maximum atomic E-state index is 11.6. The van der Waals surface area contributed by atoms with E-state index in [2.05, 4.69) is 17.6 Å². The molecule has 0 aromatic heterocycles. The van der Waals surface area contributed by atoms with E-state index in [0.29, 0.717) is 13.2 Å². The summed E-state index contributed by atoms with van der Waals surface area (Å²) in [5.74, 6) is -1.04. The molecule has 1 unspecified atom stereocenters. The second kappa shape index (κ2) is 6.58. The Hall–Kier alpha value is -1.30. The average Bonchev–Trinajstić information content (AvgIpc) is 3.12. The van der Waals surface area contributed by atoms with Gasteiger partial charge in [0, 0.05) is 26.7 Å². The van der Waals surface area contributed by atoms with Gasteiger partial charge >= 0.3 is 12.0 Å². The van der Waals surface area contributed by atoms with Crippen LogP contribution in [-0.4, -0.2) is 43.4 Å². The number of hydrogen-bond donors (Lipinski definition) is 3. The van der Waals surface area contributed by atoms with Crippen LogP contribution < -0.4 is 10.6 Å². The fraction of sp³-hybridized carbons (Fsp3) is 0.833. The van der Waals surface area contributed by atoms with E-state index in [9.17, 15) is 9.59 Å². The fourth-order valence-electron chi connectivity index (χ4n) is 1.80. The molecule has 18 heavy (non-hydrogen) atoms. The zero-order valence-electron chi connectivity index (χ0n) is 11.0. The summed E-state index contributed by atoms with van der Waals surface area (Å²) in [4.78, 5) is 22.5. The van der Waals surface area contributed by atoms with Crippen LogP contribution in [0.4, 0.5) is 4.79 Å². The molecule has 0 spiro atoms. The largest absolute Gasteiger partial charge is 0.480 e. The first-order valence-electron chi connectivity index (χ1n) is 6.29. The number of nitrogens with one attached hydrogen (secondary N) is 2. The number of hydrogen-bond acceptors (Lipinski definition) is 3. The molecule has 6 nitrogen and oxygen atoms in total. The SMILES string of the molecule is CCC1(CNC(=O)NC(CCOC)C(=O)O)CC1. The Bertz CT molecular complexity index is 302. The number of ether oxygens (including phenoxy) is 1. The third kappa shape index (κ3) is 4.52. The number of carbonyl (C=O) groups excluding carboxylic acids is 1. The van der Waals surface area contributed by atoms with Crippen LogP contribution in [0.25, 0.3) is 0 Å². The predicted octanol–water partition coefficient (Wildman–Crippen LogP) is 0.965. The van der Waals surface area contributed by atoms with Crippen LogP contribution in [0.3, 0.4) is 0 Å². The van der Waals surface area contributed by atoms with Crippen LogP contribution in [-0.2, 0) is 9.53 Å². The van der Waals surface area contributed by atoms with Crippen molar-refractivity contribution in [1.29, 1.82) is 0 Å². The third-order valence-electron chi connectivity index (χ3n) is 3.55. The van der Waals surface area contributed by atoms with Crippen LogP contribution in [0.5, 0.6) is 0 Å². The molecule has 1 aliphatic carbocycles. The van der Waals surface area contributed by atoms with Crippen molar-refractivity contribution in [3.8, 4) is 0 Å². The van der Waals surface area contributed by atoms with Crippen LogP contribution in [0.1, 0.15) is 32.6 Å². The number of amides is 2. The lowest BCUT2D eigenvalue weighted by atomic mass is 10.0. The lowest BCUT2D eigenvalue weighted by Gasteiger charge is -2.17. The van der Waals surface area contributed by atoms with Gasteiger partial charge in [0.05, 0.1) is 0 Å². The molecule has 0 aliphatic heterocycles. The van der Waals surface area contributed by atoms with Gasteiger partial charge in [-0.15, -0.1) is 0 Å². The molecule has 1 atom stereocenters. The minimum atomic E-state index is -1.04. The van der Waals surface area contributed by atoms with Crippen molar-refractivity contribution >= 4 is 12.0 Å². The van der Waals surface area contributed by atoms with Crippen LogP contribution >= 0.6 is 0 Å². The lowest BCUT2D eigenvalue weighted by molar-refractivity contribution is -0.139. The van der Waals surface area contributed by atoms with Crippen molar-refractivity contribution in [2.75, 3.05) is 20.3 Å². The highest BCUT2D eigenvalue weighted by molar-refractivity contribution is 5.82. The van der Waals surface area contributed by atoms with Crippen LogP contribution in [0.2, 0.25) is 0 Å². The highest BCUT2D eigenvalue weighted by Gasteiger charge is 2.40. The van der Waals surface area contributed by atoms with Crippen LogP contribution in [0, 0.1) is 5.41 Å². The van der Waals surface area contributed by atoms with Crippen molar-refractivity contribution < 1.29 is 19.4 Å². The van der Waals surface area contributed by atoms with E-state index < -0.39 is 18.0 Å². The Kier molecular flexibility index (Phi) is 5.40. The van der Waals surface area contributed by atoms with E-state index in [4.69, 9.17) is 9.84 Å².